The normalized spacial score (nSPS) is 10.9. The summed E-state index contributed by atoms with van der Waals surface area (Å²) < 4.78 is 5.76. The Bertz CT molecular complexity index is 577. The molecule has 68 valence electrons. The van der Waals surface area contributed by atoms with Gasteiger partial charge in [-0.2, -0.15) is 0 Å². The molecule has 0 aliphatic rings. The minimum atomic E-state index is -0.652. The SMILES string of the molecule is Cc1nc2c(=O)n(C)c(=O)oc2s1. The molecule has 0 fully saturated rings. The van der Waals surface area contributed by atoms with E-state index in [0.717, 1.165) is 4.57 Å². The van der Waals surface area contributed by atoms with Gasteiger partial charge < -0.3 is 4.42 Å². The van der Waals surface area contributed by atoms with Crippen molar-refractivity contribution < 1.29 is 4.42 Å². The Morgan fingerprint density at radius 3 is 2.85 bits per heavy atom. The summed E-state index contributed by atoms with van der Waals surface area (Å²) in [6.07, 6.45) is 0. The first-order valence-electron chi connectivity index (χ1n) is 3.57. The highest BCUT2D eigenvalue weighted by Crippen LogP contribution is 2.15. The van der Waals surface area contributed by atoms with Crippen LogP contribution in [-0.2, 0) is 7.05 Å². The summed E-state index contributed by atoms with van der Waals surface area (Å²) in [5.41, 5.74) is -0.180. The van der Waals surface area contributed by atoms with Crippen molar-refractivity contribution in [3.05, 3.63) is 25.9 Å². The molecule has 2 aromatic heterocycles. The highest BCUT2D eigenvalue weighted by Gasteiger charge is 2.10. The number of hydrogen-bond acceptors (Lipinski definition) is 5. The zero-order chi connectivity index (χ0) is 9.59. The number of rotatable bonds is 0. The van der Waals surface area contributed by atoms with E-state index < -0.39 is 11.3 Å². The summed E-state index contributed by atoms with van der Waals surface area (Å²) in [6, 6.07) is 0. The van der Waals surface area contributed by atoms with Crippen molar-refractivity contribution in [3.8, 4) is 0 Å². The van der Waals surface area contributed by atoms with Gasteiger partial charge in [0.1, 0.15) is 0 Å². The first kappa shape index (κ1) is 8.18. The van der Waals surface area contributed by atoms with Crippen LogP contribution in [0.4, 0.5) is 0 Å². The predicted octanol–water partition coefficient (Wildman–Crippen LogP) is 0.257. The maximum atomic E-state index is 11.4. The van der Waals surface area contributed by atoms with E-state index in [9.17, 15) is 9.59 Å². The summed E-state index contributed by atoms with van der Waals surface area (Å²) in [4.78, 5) is 26.7. The van der Waals surface area contributed by atoms with E-state index in [1.54, 1.807) is 6.92 Å². The maximum absolute atomic E-state index is 11.4. The van der Waals surface area contributed by atoms with E-state index in [0.29, 0.717) is 9.90 Å². The van der Waals surface area contributed by atoms with Gasteiger partial charge in [-0.3, -0.25) is 4.79 Å². The molecular weight excluding hydrogens is 192 g/mol. The molecule has 0 bridgehead atoms. The molecule has 13 heavy (non-hydrogen) atoms. The summed E-state index contributed by atoms with van der Waals surface area (Å²) in [6.45, 7) is 1.75. The third-order valence-electron chi connectivity index (χ3n) is 1.66. The molecule has 2 rings (SSSR count). The van der Waals surface area contributed by atoms with E-state index in [1.165, 1.54) is 18.4 Å². The molecule has 0 spiro atoms. The quantitative estimate of drug-likeness (QED) is 0.609. The van der Waals surface area contributed by atoms with Gasteiger partial charge in [0.2, 0.25) is 4.90 Å². The zero-order valence-corrected chi connectivity index (χ0v) is 7.84. The number of hydrogen-bond donors (Lipinski definition) is 0. The van der Waals surface area contributed by atoms with E-state index in [-0.39, 0.29) is 5.52 Å². The van der Waals surface area contributed by atoms with Crippen molar-refractivity contribution in [3.63, 3.8) is 0 Å². The summed E-state index contributed by atoms with van der Waals surface area (Å²) in [7, 11) is 1.36. The van der Waals surface area contributed by atoms with Crippen LogP contribution in [0.3, 0.4) is 0 Å². The second kappa shape index (κ2) is 2.53. The van der Waals surface area contributed by atoms with Gasteiger partial charge in [-0.25, -0.2) is 14.3 Å². The molecular formula is C7H6N2O3S. The monoisotopic (exact) mass is 198 g/mol. The number of nitrogens with zero attached hydrogens (tertiary/aromatic N) is 2. The average molecular weight is 198 g/mol. The topological polar surface area (TPSA) is 65.1 Å². The van der Waals surface area contributed by atoms with Gasteiger partial charge in [0.15, 0.2) is 5.52 Å². The third-order valence-corrected chi connectivity index (χ3v) is 2.51. The fourth-order valence-electron chi connectivity index (χ4n) is 1.00. The van der Waals surface area contributed by atoms with Crippen molar-refractivity contribution >= 4 is 21.8 Å². The van der Waals surface area contributed by atoms with Gasteiger partial charge in [0, 0.05) is 7.05 Å². The molecule has 0 aliphatic carbocycles. The Kier molecular flexibility index (Phi) is 1.59. The lowest BCUT2D eigenvalue weighted by atomic mass is 10.6. The molecule has 5 nitrogen and oxygen atoms in total. The second-order valence-corrected chi connectivity index (χ2v) is 3.77. The van der Waals surface area contributed by atoms with E-state index in [1.807, 2.05) is 0 Å². The Morgan fingerprint density at radius 1 is 1.46 bits per heavy atom. The highest BCUT2D eigenvalue weighted by atomic mass is 32.1. The summed E-state index contributed by atoms with van der Waals surface area (Å²) >= 11 is 1.20. The molecule has 2 aromatic rings. The second-order valence-electron chi connectivity index (χ2n) is 2.60. The zero-order valence-electron chi connectivity index (χ0n) is 7.03. The first-order valence-corrected chi connectivity index (χ1v) is 4.38. The van der Waals surface area contributed by atoms with Gasteiger partial charge in [-0.15, -0.1) is 0 Å². The molecule has 2 heterocycles. The van der Waals surface area contributed by atoms with Crippen LogP contribution in [0.5, 0.6) is 0 Å². The highest BCUT2D eigenvalue weighted by molar-refractivity contribution is 7.17. The van der Waals surface area contributed by atoms with Crippen molar-refractivity contribution in [2.45, 2.75) is 6.92 Å². The van der Waals surface area contributed by atoms with Crippen molar-refractivity contribution in [1.82, 2.24) is 9.55 Å². The standard InChI is InChI=1S/C7H6N2O3S/c1-3-8-4-5(10)9(2)7(11)12-6(4)13-3/h1-2H3. The van der Waals surface area contributed by atoms with Crippen LogP contribution in [0.15, 0.2) is 14.0 Å². The fraction of sp³-hybridized carbons (Fsp3) is 0.286. The van der Waals surface area contributed by atoms with Gasteiger partial charge in [-0.05, 0) is 6.92 Å². The lowest BCUT2D eigenvalue weighted by Crippen LogP contribution is -2.29. The molecule has 0 aromatic carbocycles. The van der Waals surface area contributed by atoms with Gasteiger partial charge in [-0.1, -0.05) is 11.3 Å². The summed E-state index contributed by atoms with van der Waals surface area (Å²) in [5.74, 6) is -0.652. The molecule has 6 heteroatoms. The van der Waals surface area contributed by atoms with E-state index >= 15 is 0 Å². The molecule has 0 radical (unpaired) electrons. The molecule has 0 aliphatic heterocycles. The third kappa shape index (κ3) is 1.10. The average Bonchev–Trinajstić information content (AvgIpc) is 2.42. The largest absolute Gasteiger partial charge is 0.422 e. The van der Waals surface area contributed by atoms with Crippen LogP contribution < -0.4 is 11.3 Å². The molecule has 0 amide bonds. The predicted molar refractivity (Wildman–Crippen MR) is 48.1 cm³/mol. The van der Waals surface area contributed by atoms with E-state index in [2.05, 4.69) is 4.98 Å². The Hall–Kier alpha value is -1.43. The van der Waals surface area contributed by atoms with Crippen LogP contribution in [0.25, 0.3) is 10.4 Å². The van der Waals surface area contributed by atoms with Gasteiger partial charge in [0.25, 0.3) is 5.56 Å². The number of thiazole rings is 1. The van der Waals surface area contributed by atoms with Crippen LogP contribution >= 0.6 is 11.3 Å². The molecule has 0 atom stereocenters. The first-order chi connectivity index (χ1) is 6.09. The van der Waals surface area contributed by atoms with Crippen molar-refractivity contribution in [1.29, 1.82) is 0 Å². The maximum Gasteiger partial charge on any atom is 0.422 e. The van der Waals surface area contributed by atoms with Gasteiger partial charge >= 0.3 is 5.76 Å². The number of aromatic nitrogens is 2. The fourth-order valence-corrected chi connectivity index (χ4v) is 1.75. The molecule has 0 unspecified atom stereocenters. The lowest BCUT2D eigenvalue weighted by molar-refractivity contribution is 0.489. The Labute approximate surface area is 76.3 Å². The minimum absolute atomic E-state index is 0.226. The Morgan fingerprint density at radius 2 is 2.15 bits per heavy atom. The smallest absolute Gasteiger partial charge is 0.396 e. The van der Waals surface area contributed by atoms with Crippen molar-refractivity contribution in [2.24, 2.45) is 7.05 Å². The molecule has 0 N–H and O–H groups in total. The van der Waals surface area contributed by atoms with Crippen LogP contribution in [-0.4, -0.2) is 9.55 Å². The number of aryl methyl sites for hydroxylation is 1. The van der Waals surface area contributed by atoms with Gasteiger partial charge in [0.05, 0.1) is 5.01 Å². The van der Waals surface area contributed by atoms with E-state index in [4.69, 9.17) is 4.42 Å². The lowest BCUT2D eigenvalue weighted by Gasteiger charge is -1.91. The van der Waals surface area contributed by atoms with Crippen LogP contribution in [0, 0.1) is 6.92 Å². The Balaban J connectivity index is 3.10. The van der Waals surface area contributed by atoms with Crippen LogP contribution in [0.1, 0.15) is 5.01 Å². The molecule has 0 saturated heterocycles. The number of fused-ring (bicyclic) bond motifs is 1. The van der Waals surface area contributed by atoms with Crippen molar-refractivity contribution in [2.75, 3.05) is 0 Å². The molecule has 0 saturated carbocycles. The minimum Gasteiger partial charge on any atom is -0.396 e. The van der Waals surface area contributed by atoms with Crippen LogP contribution in [0.2, 0.25) is 0 Å². The summed E-state index contributed by atoms with van der Waals surface area (Å²) in [5, 5.41) is 0.710.